The van der Waals surface area contributed by atoms with Gasteiger partial charge in [-0.15, -0.1) is 0 Å². The topological polar surface area (TPSA) is 106 Å². The van der Waals surface area contributed by atoms with Crippen molar-refractivity contribution in [2.24, 2.45) is 11.8 Å². The van der Waals surface area contributed by atoms with Gasteiger partial charge >= 0.3 is 0 Å². The highest BCUT2D eigenvalue weighted by atomic mass is 16.5. The number of fused-ring (bicyclic) bond motifs is 1. The van der Waals surface area contributed by atoms with Gasteiger partial charge in [0.05, 0.1) is 24.8 Å². The van der Waals surface area contributed by atoms with Crippen molar-refractivity contribution in [3.63, 3.8) is 0 Å². The normalized spacial score (nSPS) is 16.1. The summed E-state index contributed by atoms with van der Waals surface area (Å²) in [6, 6.07) is 12.0. The Morgan fingerprint density at radius 2 is 2.09 bits per heavy atom. The smallest absolute Gasteiger partial charge is 0.251 e. The number of methoxy groups -OCH3 is 1. The fourth-order valence-corrected chi connectivity index (χ4v) is 3.78. The molecule has 0 unspecified atom stereocenters. The maximum Gasteiger partial charge on any atom is 0.251 e. The van der Waals surface area contributed by atoms with Crippen LogP contribution in [-0.2, 0) is 11.2 Å². The first kappa shape index (κ1) is 21.5. The average Bonchev–Trinajstić information content (AvgIpc) is 2.81. The Morgan fingerprint density at radius 3 is 2.81 bits per heavy atom. The van der Waals surface area contributed by atoms with Gasteiger partial charge in [0.15, 0.2) is 5.82 Å². The van der Waals surface area contributed by atoms with E-state index in [4.69, 9.17) is 9.47 Å². The van der Waals surface area contributed by atoms with Crippen molar-refractivity contribution in [1.29, 1.82) is 0 Å². The van der Waals surface area contributed by atoms with E-state index in [9.17, 15) is 9.59 Å². The third-order valence-corrected chi connectivity index (χ3v) is 5.50. The van der Waals surface area contributed by atoms with Crippen LogP contribution in [0.4, 0.5) is 0 Å². The van der Waals surface area contributed by atoms with Crippen LogP contribution >= 0.6 is 0 Å². The fraction of sp³-hybridized carbons (Fsp3) is 0.333. The molecule has 1 amide bonds. The van der Waals surface area contributed by atoms with Gasteiger partial charge in [-0.2, -0.15) is 0 Å². The largest absolute Gasteiger partial charge is 0.497 e. The molecule has 1 aliphatic rings. The molecule has 0 aliphatic carbocycles. The minimum absolute atomic E-state index is 0.0155. The summed E-state index contributed by atoms with van der Waals surface area (Å²) in [4.78, 5) is 37.1. The molecule has 2 aromatic heterocycles. The molecular weight excluding hydrogens is 408 g/mol. The minimum atomic E-state index is -0.432. The first-order chi connectivity index (χ1) is 15.4. The third kappa shape index (κ3) is 4.64. The van der Waals surface area contributed by atoms with Gasteiger partial charge in [0.25, 0.3) is 5.56 Å². The number of nitrogens with zero attached hydrogens (tertiary/aromatic N) is 2. The lowest BCUT2D eigenvalue weighted by Gasteiger charge is -2.28. The van der Waals surface area contributed by atoms with E-state index < -0.39 is 6.04 Å². The predicted molar refractivity (Wildman–Crippen MR) is 119 cm³/mol. The molecule has 3 heterocycles. The first-order valence-corrected chi connectivity index (χ1v) is 10.6. The van der Waals surface area contributed by atoms with Crippen LogP contribution in [0.2, 0.25) is 0 Å². The highest BCUT2D eigenvalue weighted by Crippen LogP contribution is 2.31. The second kappa shape index (κ2) is 9.21. The average molecular weight is 434 g/mol. The molecule has 1 aliphatic heterocycles. The molecule has 8 heteroatoms. The Balaban J connectivity index is 1.56. The fourth-order valence-electron chi connectivity index (χ4n) is 3.78. The van der Waals surface area contributed by atoms with Gasteiger partial charge in [0, 0.05) is 12.3 Å². The van der Waals surface area contributed by atoms with E-state index in [0.717, 1.165) is 17.1 Å². The van der Waals surface area contributed by atoms with E-state index in [1.54, 1.807) is 25.4 Å². The molecule has 0 spiro atoms. The van der Waals surface area contributed by atoms with Gasteiger partial charge in [-0.1, -0.05) is 19.9 Å². The van der Waals surface area contributed by atoms with E-state index >= 15 is 0 Å². The Hall–Kier alpha value is -3.68. The number of aromatic nitrogens is 3. The number of carbonyl (C=O) groups is 1. The summed E-state index contributed by atoms with van der Waals surface area (Å²) in [6.07, 6.45) is 2.19. The van der Waals surface area contributed by atoms with E-state index in [0.29, 0.717) is 23.6 Å². The lowest BCUT2D eigenvalue weighted by molar-refractivity contribution is -0.127. The molecule has 2 N–H and O–H groups in total. The molecule has 1 aromatic carbocycles. The van der Waals surface area contributed by atoms with Crippen LogP contribution < -0.4 is 20.3 Å². The molecule has 0 saturated heterocycles. The molecule has 2 atom stereocenters. The zero-order valence-electron chi connectivity index (χ0n) is 18.3. The second-order valence-corrected chi connectivity index (χ2v) is 8.15. The molecule has 0 radical (unpaired) electrons. The summed E-state index contributed by atoms with van der Waals surface area (Å²) in [7, 11) is 1.61. The number of benzene rings is 1. The third-order valence-electron chi connectivity index (χ3n) is 5.50. The Kier molecular flexibility index (Phi) is 6.20. The van der Waals surface area contributed by atoms with Gasteiger partial charge in [-0.05, 0) is 48.2 Å². The number of H-pyrrole nitrogens is 1. The maximum absolute atomic E-state index is 13.1. The summed E-state index contributed by atoms with van der Waals surface area (Å²) in [6.45, 7) is 4.25. The number of aromatic amines is 1. The monoisotopic (exact) mass is 434 g/mol. The maximum atomic E-state index is 13.1. The van der Waals surface area contributed by atoms with Crippen LogP contribution in [0.3, 0.4) is 0 Å². The number of rotatable bonds is 6. The van der Waals surface area contributed by atoms with Crippen LogP contribution in [0.25, 0.3) is 11.5 Å². The SMILES string of the molecule is COc1ccc2c(c1)C[C@@H](C(=O)N[C@H](c1cc(=O)[nH]c(-c3ccccn3)n1)C(C)C)CO2. The summed E-state index contributed by atoms with van der Waals surface area (Å²) in [5.74, 6) is 1.39. The van der Waals surface area contributed by atoms with Crippen molar-refractivity contribution in [3.8, 4) is 23.0 Å². The lowest BCUT2D eigenvalue weighted by Crippen LogP contribution is -2.41. The van der Waals surface area contributed by atoms with Crippen LogP contribution in [0.1, 0.15) is 31.1 Å². The minimum Gasteiger partial charge on any atom is -0.497 e. The molecule has 0 fully saturated rings. The number of ether oxygens (including phenoxy) is 2. The van der Waals surface area contributed by atoms with Crippen LogP contribution in [0, 0.1) is 11.8 Å². The zero-order valence-corrected chi connectivity index (χ0v) is 18.3. The molecular formula is C24H26N4O4. The number of pyridine rings is 1. The number of hydrogen-bond donors (Lipinski definition) is 2. The van der Waals surface area contributed by atoms with Gasteiger partial charge in [0.2, 0.25) is 5.91 Å². The number of hydrogen-bond acceptors (Lipinski definition) is 6. The predicted octanol–water partition coefficient (Wildman–Crippen LogP) is 2.91. The second-order valence-electron chi connectivity index (χ2n) is 8.15. The van der Waals surface area contributed by atoms with Crippen LogP contribution in [-0.4, -0.2) is 34.6 Å². The quantitative estimate of drug-likeness (QED) is 0.618. The zero-order chi connectivity index (χ0) is 22.7. The van der Waals surface area contributed by atoms with Crippen LogP contribution in [0.5, 0.6) is 11.5 Å². The molecule has 0 bridgehead atoms. The Labute approximate surface area is 186 Å². The number of carbonyl (C=O) groups excluding carboxylic acids is 1. The standard InChI is InChI=1S/C24H26N4O4/c1-14(2)22(19-12-21(29)27-23(26-19)18-6-4-5-9-25-18)28-24(30)16-10-15-11-17(31-3)7-8-20(15)32-13-16/h4-9,11-12,14,16,22H,10,13H2,1-3H3,(H,28,30)(H,26,27,29)/t16-,22+/m1/s1. The van der Waals surface area contributed by atoms with Crippen molar-refractivity contribution >= 4 is 5.91 Å². The number of nitrogens with one attached hydrogen (secondary N) is 2. The molecule has 8 nitrogen and oxygen atoms in total. The Bertz CT molecular complexity index is 1160. The van der Waals surface area contributed by atoms with Gasteiger partial charge in [-0.3, -0.25) is 14.6 Å². The summed E-state index contributed by atoms with van der Waals surface area (Å²) < 4.78 is 11.1. The summed E-state index contributed by atoms with van der Waals surface area (Å²) in [5, 5.41) is 3.08. The van der Waals surface area contributed by atoms with E-state index in [2.05, 4.69) is 20.3 Å². The molecule has 4 rings (SSSR count). The highest BCUT2D eigenvalue weighted by molar-refractivity contribution is 5.80. The highest BCUT2D eigenvalue weighted by Gasteiger charge is 2.30. The van der Waals surface area contributed by atoms with Crippen molar-refractivity contribution in [3.05, 3.63) is 70.3 Å². The number of amides is 1. The molecule has 166 valence electrons. The van der Waals surface area contributed by atoms with Gasteiger partial charge < -0.3 is 19.8 Å². The molecule has 32 heavy (non-hydrogen) atoms. The van der Waals surface area contributed by atoms with Crippen molar-refractivity contribution in [2.75, 3.05) is 13.7 Å². The molecule has 0 saturated carbocycles. The van der Waals surface area contributed by atoms with Gasteiger partial charge in [-0.25, -0.2) is 4.98 Å². The Morgan fingerprint density at radius 1 is 1.25 bits per heavy atom. The summed E-state index contributed by atoms with van der Waals surface area (Å²) >= 11 is 0. The van der Waals surface area contributed by atoms with Crippen molar-refractivity contribution in [1.82, 2.24) is 20.3 Å². The van der Waals surface area contributed by atoms with E-state index in [1.807, 2.05) is 38.1 Å². The van der Waals surface area contributed by atoms with E-state index in [-0.39, 0.29) is 29.9 Å². The molecule has 3 aromatic rings. The van der Waals surface area contributed by atoms with Crippen molar-refractivity contribution in [2.45, 2.75) is 26.3 Å². The van der Waals surface area contributed by atoms with Crippen LogP contribution in [0.15, 0.2) is 53.5 Å². The van der Waals surface area contributed by atoms with Gasteiger partial charge in [0.1, 0.15) is 23.8 Å². The van der Waals surface area contributed by atoms with E-state index in [1.165, 1.54) is 6.07 Å². The first-order valence-electron chi connectivity index (χ1n) is 10.6. The summed E-state index contributed by atoms with van der Waals surface area (Å²) in [5.41, 5.74) is 1.70. The lowest BCUT2D eigenvalue weighted by atomic mass is 9.94. The van der Waals surface area contributed by atoms with Crippen molar-refractivity contribution < 1.29 is 14.3 Å².